The van der Waals surface area contributed by atoms with Gasteiger partial charge < -0.3 is 15.0 Å². The molecule has 2 heterocycles. The Bertz CT molecular complexity index is 781. The summed E-state index contributed by atoms with van der Waals surface area (Å²) >= 11 is 0. The molecule has 2 fully saturated rings. The van der Waals surface area contributed by atoms with Crippen molar-refractivity contribution < 1.29 is 4.74 Å². The Morgan fingerprint density at radius 1 is 1.20 bits per heavy atom. The van der Waals surface area contributed by atoms with Crippen molar-refractivity contribution in [2.75, 3.05) is 31.1 Å². The molecule has 6 heteroatoms. The van der Waals surface area contributed by atoms with Gasteiger partial charge in [-0.05, 0) is 31.9 Å². The lowest BCUT2D eigenvalue weighted by Gasteiger charge is -2.28. The van der Waals surface area contributed by atoms with Crippen molar-refractivity contribution >= 4 is 11.5 Å². The summed E-state index contributed by atoms with van der Waals surface area (Å²) in [5.41, 5.74) is 1.82. The smallest absolute Gasteiger partial charge is 0.132 e. The molecule has 6 nitrogen and oxygen atoms in total. The summed E-state index contributed by atoms with van der Waals surface area (Å²) in [6.45, 7) is 5.87. The zero-order valence-corrected chi connectivity index (χ0v) is 14.5. The summed E-state index contributed by atoms with van der Waals surface area (Å²) in [7, 11) is 0. The number of aromatic nitrogens is 2. The average Bonchev–Trinajstić information content (AvgIpc) is 3.39. The van der Waals surface area contributed by atoms with Gasteiger partial charge in [0.05, 0.1) is 11.4 Å². The minimum atomic E-state index is -0.0226. The highest BCUT2D eigenvalue weighted by Crippen LogP contribution is 2.39. The minimum Gasteiger partial charge on any atom is -0.488 e. The Kier molecular flexibility index (Phi) is 4.13. The van der Waals surface area contributed by atoms with E-state index < -0.39 is 0 Å². The van der Waals surface area contributed by atoms with E-state index in [1.807, 2.05) is 30.3 Å². The normalized spacial score (nSPS) is 18.7. The van der Waals surface area contributed by atoms with E-state index >= 15 is 0 Å². The first-order chi connectivity index (χ1) is 12.1. The van der Waals surface area contributed by atoms with Crippen LogP contribution in [0.3, 0.4) is 0 Å². The van der Waals surface area contributed by atoms with Crippen molar-refractivity contribution in [3.8, 4) is 5.75 Å². The van der Waals surface area contributed by atoms with Gasteiger partial charge in [0.25, 0.3) is 0 Å². The van der Waals surface area contributed by atoms with Gasteiger partial charge in [-0.15, -0.1) is 0 Å². The summed E-state index contributed by atoms with van der Waals surface area (Å²) in [5.74, 6) is 1.70. The molecule has 2 aromatic rings. The van der Waals surface area contributed by atoms with Crippen molar-refractivity contribution in [1.29, 1.82) is 5.41 Å². The van der Waals surface area contributed by atoms with Crippen molar-refractivity contribution in [3.63, 3.8) is 0 Å². The second-order valence-electron chi connectivity index (χ2n) is 6.95. The number of rotatable bonds is 5. The molecular formula is C19H23N5O. The SMILES string of the molecule is CC1(Oc2cccc(C(=N)c3cc(N4CCNCC4)ncn3)c2)CC1. The zero-order chi connectivity index (χ0) is 17.3. The fourth-order valence-corrected chi connectivity index (χ4v) is 2.98. The van der Waals surface area contributed by atoms with Gasteiger partial charge in [0.2, 0.25) is 0 Å². The van der Waals surface area contributed by atoms with Crippen LogP contribution in [0.15, 0.2) is 36.7 Å². The molecule has 25 heavy (non-hydrogen) atoms. The summed E-state index contributed by atoms with van der Waals surface area (Å²) < 4.78 is 6.01. The number of anilines is 1. The molecule has 2 N–H and O–H groups in total. The maximum Gasteiger partial charge on any atom is 0.132 e. The zero-order valence-electron chi connectivity index (χ0n) is 14.5. The summed E-state index contributed by atoms with van der Waals surface area (Å²) in [4.78, 5) is 10.9. The number of piperazine rings is 1. The lowest BCUT2D eigenvalue weighted by molar-refractivity contribution is 0.200. The lowest BCUT2D eigenvalue weighted by Crippen LogP contribution is -2.44. The van der Waals surface area contributed by atoms with E-state index in [0.29, 0.717) is 11.4 Å². The number of benzene rings is 1. The molecule has 1 saturated carbocycles. The maximum absolute atomic E-state index is 8.55. The number of hydrogen-bond acceptors (Lipinski definition) is 6. The van der Waals surface area contributed by atoms with Crippen LogP contribution in [0.25, 0.3) is 0 Å². The lowest BCUT2D eigenvalue weighted by atomic mass is 10.1. The number of hydrogen-bond donors (Lipinski definition) is 2. The van der Waals surface area contributed by atoms with Gasteiger partial charge in [-0.1, -0.05) is 12.1 Å². The van der Waals surface area contributed by atoms with Crippen molar-refractivity contribution in [2.24, 2.45) is 0 Å². The van der Waals surface area contributed by atoms with E-state index in [1.54, 1.807) is 6.33 Å². The first-order valence-corrected chi connectivity index (χ1v) is 8.79. The highest BCUT2D eigenvalue weighted by molar-refractivity contribution is 6.10. The monoisotopic (exact) mass is 337 g/mol. The quantitative estimate of drug-likeness (QED) is 0.819. The van der Waals surface area contributed by atoms with Gasteiger partial charge in [-0.2, -0.15) is 0 Å². The Hall–Kier alpha value is -2.47. The summed E-state index contributed by atoms with van der Waals surface area (Å²) in [5, 5.41) is 11.9. The van der Waals surface area contributed by atoms with E-state index in [1.165, 1.54) is 0 Å². The third-order valence-corrected chi connectivity index (χ3v) is 4.79. The van der Waals surface area contributed by atoms with Crippen LogP contribution in [0.5, 0.6) is 5.75 Å². The maximum atomic E-state index is 8.55. The van der Waals surface area contributed by atoms with Crippen LogP contribution in [0, 0.1) is 5.41 Å². The Morgan fingerprint density at radius 3 is 2.76 bits per heavy atom. The second kappa shape index (κ2) is 6.44. The number of ether oxygens (including phenoxy) is 1. The van der Waals surface area contributed by atoms with Crippen LogP contribution >= 0.6 is 0 Å². The van der Waals surface area contributed by atoms with E-state index in [4.69, 9.17) is 10.1 Å². The molecule has 0 radical (unpaired) electrons. The van der Waals surface area contributed by atoms with Gasteiger partial charge >= 0.3 is 0 Å². The standard InChI is InChI=1S/C19H23N5O/c1-19(5-6-19)25-15-4-2-3-14(11-15)18(20)16-12-17(23-13-22-16)24-9-7-21-8-10-24/h2-4,11-13,20-21H,5-10H2,1H3. The second-order valence-corrected chi connectivity index (χ2v) is 6.95. The molecule has 1 aliphatic heterocycles. The van der Waals surface area contributed by atoms with Gasteiger partial charge in [0, 0.05) is 37.8 Å². The molecule has 1 aromatic carbocycles. The van der Waals surface area contributed by atoms with Crippen molar-refractivity contribution in [2.45, 2.75) is 25.4 Å². The van der Waals surface area contributed by atoms with Crippen LogP contribution in [0.1, 0.15) is 31.0 Å². The largest absolute Gasteiger partial charge is 0.488 e. The van der Waals surface area contributed by atoms with E-state index in [9.17, 15) is 0 Å². The van der Waals surface area contributed by atoms with Crippen molar-refractivity contribution in [1.82, 2.24) is 15.3 Å². The number of nitrogens with zero attached hydrogens (tertiary/aromatic N) is 3. The topological polar surface area (TPSA) is 74.1 Å². The molecule has 2 aliphatic rings. The molecule has 0 bridgehead atoms. The molecule has 0 atom stereocenters. The predicted molar refractivity (Wildman–Crippen MR) is 97.8 cm³/mol. The first-order valence-electron chi connectivity index (χ1n) is 8.79. The molecular weight excluding hydrogens is 314 g/mol. The molecule has 0 amide bonds. The third-order valence-electron chi connectivity index (χ3n) is 4.79. The molecule has 4 rings (SSSR count). The Balaban J connectivity index is 1.55. The molecule has 0 spiro atoms. The molecule has 1 aliphatic carbocycles. The van der Waals surface area contributed by atoms with E-state index in [2.05, 4.69) is 27.1 Å². The molecule has 1 aromatic heterocycles. The molecule has 130 valence electrons. The van der Waals surface area contributed by atoms with Gasteiger partial charge in [0.1, 0.15) is 23.5 Å². The first kappa shape index (κ1) is 16.0. The fourth-order valence-electron chi connectivity index (χ4n) is 2.98. The van der Waals surface area contributed by atoms with Gasteiger partial charge in [-0.3, -0.25) is 5.41 Å². The van der Waals surface area contributed by atoms with Crippen molar-refractivity contribution in [3.05, 3.63) is 47.9 Å². The van der Waals surface area contributed by atoms with Gasteiger partial charge in [-0.25, -0.2) is 9.97 Å². The summed E-state index contributed by atoms with van der Waals surface area (Å²) in [6, 6.07) is 9.65. The average molecular weight is 337 g/mol. The molecule has 1 saturated heterocycles. The van der Waals surface area contributed by atoms with Crippen LogP contribution in [0.4, 0.5) is 5.82 Å². The highest BCUT2D eigenvalue weighted by atomic mass is 16.5. The Morgan fingerprint density at radius 2 is 2.00 bits per heavy atom. The molecule has 0 unspecified atom stereocenters. The van der Waals surface area contributed by atoms with Crippen LogP contribution in [-0.4, -0.2) is 47.5 Å². The highest BCUT2D eigenvalue weighted by Gasteiger charge is 2.40. The van der Waals surface area contributed by atoms with Gasteiger partial charge in [0.15, 0.2) is 0 Å². The summed E-state index contributed by atoms with van der Waals surface area (Å²) in [6.07, 6.45) is 3.73. The van der Waals surface area contributed by atoms with Crippen LogP contribution in [-0.2, 0) is 0 Å². The minimum absolute atomic E-state index is 0.0226. The Labute approximate surface area is 147 Å². The van der Waals surface area contributed by atoms with Crippen LogP contribution in [0.2, 0.25) is 0 Å². The van der Waals surface area contributed by atoms with Crippen LogP contribution < -0.4 is 15.0 Å². The third kappa shape index (κ3) is 3.64. The van der Waals surface area contributed by atoms with E-state index in [-0.39, 0.29) is 5.60 Å². The number of nitrogens with one attached hydrogen (secondary N) is 2. The van der Waals surface area contributed by atoms with E-state index in [0.717, 1.165) is 56.2 Å². The fraction of sp³-hybridized carbons (Fsp3) is 0.421. The predicted octanol–water partition coefficient (Wildman–Crippen LogP) is 2.23.